The summed E-state index contributed by atoms with van der Waals surface area (Å²) < 4.78 is 31.4. The highest BCUT2D eigenvalue weighted by Crippen LogP contribution is 2.24. The molecule has 0 bridgehead atoms. The highest BCUT2D eigenvalue weighted by atomic mass is 32.2. The Morgan fingerprint density at radius 2 is 2.17 bits per heavy atom. The molecule has 0 fully saturated rings. The zero-order valence-corrected chi connectivity index (χ0v) is 12.1. The lowest BCUT2D eigenvalue weighted by atomic mass is 10.3. The first kappa shape index (κ1) is 15.1. The maximum atomic E-state index is 11.9. The number of nitrogens with two attached hydrogens (primary N) is 1. The van der Waals surface area contributed by atoms with Crippen molar-refractivity contribution in [2.24, 2.45) is 0 Å². The van der Waals surface area contributed by atoms with Crippen LogP contribution in [0.4, 0.5) is 5.69 Å². The Balaban J connectivity index is 2.76. The zero-order chi connectivity index (χ0) is 13.6. The molecule has 0 radical (unpaired) electrons. The van der Waals surface area contributed by atoms with Gasteiger partial charge in [0.2, 0.25) is 10.0 Å². The van der Waals surface area contributed by atoms with Crippen molar-refractivity contribution in [2.75, 3.05) is 31.4 Å². The molecule has 3 N–H and O–H groups in total. The van der Waals surface area contributed by atoms with Crippen molar-refractivity contribution in [1.29, 1.82) is 0 Å². The summed E-state index contributed by atoms with van der Waals surface area (Å²) in [4.78, 5) is 0.157. The third kappa shape index (κ3) is 4.08. The van der Waals surface area contributed by atoms with Crippen molar-refractivity contribution in [3.8, 4) is 5.75 Å². The number of ether oxygens (including phenoxy) is 1. The van der Waals surface area contributed by atoms with Crippen molar-refractivity contribution in [1.82, 2.24) is 4.72 Å². The normalized spacial score (nSPS) is 11.4. The van der Waals surface area contributed by atoms with E-state index in [2.05, 4.69) is 4.72 Å². The molecule has 0 aliphatic carbocycles. The maximum absolute atomic E-state index is 11.9. The van der Waals surface area contributed by atoms with Gasteiger partial charge in [0, 0.05) is 6.54 Å². The molecule has 0 saturated heterocycles. The van der Waals surface area contributed by atoms with Gasteiger partial charge in [-0.15, -0.1) is 0 Å². The topological polar surface area (TPSA) is 81.4 Å². The van der Waals surface area contributed by atoms with Gasteiger partial charge in [0.1, 0.15) is 5.75 Å². The Labute approximate surface area is 112 Å². The molecule has 1 aromatic rings. The van der Waals surface area contributed by atoms with Crippen LogP contribution >= 0.6 is 11.8 Å². The van der Waals surface area contributed by atoms with E-state index in [0.29, 0.717) is 18.0 Å². The smallest absolute Gasteiger partial charge is 0.240 e. The molecule has 18 heavy (non-hydrogen) atoms. The lowest BCUT2D eigenvalue weighted by molar-refractivity contribution is 0.416. The Morgan fingerprint density at radius 1 is 1.44 bits per heavy atom. The van der Waals surface area contributed by atoms with Gasteiger partial charge in [0.15, 0.2) is 0 Å². The molecule has 1 aromatic carbocycles. The van der Waals surface area contributed by atoms with Crippen molar-refractivity contribution >= 4 is 27.5 Å². The number of nitrogen functional groups attached to an aromatic ring is 1. The molecule has 0 amide bonds. The highest BCUT2D eigenvalue weighted by molar-refractivity contribution is 7.98. The molecule has 0 aromatic heterocycles. The van der Waals surface area contributed by atoms with Gasteiger partial charge in [-0.25, -0.2) is 13.1 Å². The van der Waals surface area contributed by atoms with Gasteiger partial charge in [-0.2, -0.15) is 11.8 Å². The van der Waals surface area contributed by atoms with Gasteiger partial charge in [0.25, 0.3) is 0 Å². The number of sulfonamides is 1. The van der Waals surface area contributed by atoms with Gasteiger partial charge in [0.05, 0.1) is 17.7 Å². The number of rotatable bonds is 7. The van der Waals surface area contributed by atoms with E-state index >= 15 is 0 Å². The number of benzene rings is 1. The largest absolute Gasteiger partial charge is 0.495 e. The lowest BCUT2D eigenvalue weighted by Gasteiger charge is -2.09. The SMILES string of the molecule is COc1ccc(S(=O)(=O)NCCCSC)cc1N. The molecule has 5 nitrogen and oxygen atoms in total. The Kier molecular flexibility index (Phi) is 5.77. The number of anilines is 1. The van der Waals surface area contributed by atoms with Crippen molar-refractivity contribution in [2.45, 2.75) is 11.3 Å². The molecule has 0 aliphatic rings. The van der Waals surface area contributed by atoms with Crippen molar-refractivity contribution < 1.29 is 13.2 Å². The summed E-state index contributed by atoms with van der Waals surface area (Å²) in [5, 5.41) is 0. The summed E-state index contributed by atoms with van der Waals surface area (Å²) in [6.07, 6.45) is 2.78. The average Bonchev–Trinajstić information content (AvgIpc) is 2.34. The van der Waals surface area contributed by atoms with Crippen LogP contribution in [-0.4, -0.2) is 34.1 Å². The molecule has 0 atom stereocenters. The van der Waals surface area contributed by atoms with Crippen LogP contribution in [0.1, 0.15) is 6.42 Å². The number of hydrogen-bond acceptors (Lipinski definition) is 5. The summed E-state index contributed by atoms with van der Waals surface area (Å²) in [6, 6.07) is 4.42. The fraction of sp³-hybridized carbons (Fsp3) is 0.455. The highest BCUT2D eigenvalue weighted by Gasteiger charge is 2.14. The zero-order valence-electron chi connectivity index (χ0n) is 10.5. The first-order valence-corrected chi connectivity index (χ1v) is 8.31. The standard InChI is InChI=1S/C11H18N2O3S2/c1-16-11-5-4-9(8-10(11)12)18(14,15)13-6-3-7-17-2/h4-5,8,13H,3,6-7,12H2,1-2H3. The Hall–Kier alpha value is -0.920. The van der Waals surface area contributed by atoms with Crippen LogP contribution < -0.4 is 15.2 Å². The summed E-state index contributed by atoms with van der Waals surface area (Å²) in [7, 11) is -2.00. The van der Waals surface area contributed by atoms with Crippen molar-refractivity contribution in [3.63, 3.8) is 0 Å². The minimum atomic E-state index is -3.48. The van der Waals surface area contributed by atoms with E-state index in [0.717, 1.165) is 12.2 Å². The number of hydrogen-bond donors (Lipinski definition) is 2. The molecular weight excluding hydrogens is 272 g/mol. The average molecular weight is 290 g/mol. The number of thioether (sulfide) groups is 1. The Bertz CT molecular complexity index is 489. The van der Waals surface area contributed by atoms with Crippen LogP contribution in [0.3, 0.4) is 0 Å². The summed E-state index contributed by atoms with van der Waals surface area (Å²) in [5.74, 6) is 1.39. The van der Waals surface area contributed by atoms with Crippen LogP contribution in [-0.2, 0) is 10.0 Å². The predicted octanol–water partition coefficient (Wildman–Crippen LogP) is 1.31. The van der Waals surface area contributed by atoms with E-state index in [4.69, 9.17) is 10.5 Å². The van der Waals surface area contributed by atoms with Gasteiger partial charge in [-0.1, -0.05) is 0 Å². The van der Waals surface area contributed by atoms with Gasteiger partial charge in [-0.3, -0.25) is 0 Å². The fourth-order valence-electron chi connectivity index (χ4n) is 1.39. The van der Waals surface area contributed by atoms with E-state index in [1.54, 1.807) is 17.8 Å². The molecule has 1 rings (SSSR count). The second-order valence-corrected chi connectivity index (χ2v) is 6.40. The molecule has 0 saturated carbocycles. The molecule has 0 spiro atoms. The van der Waals surface area contributed by atoms with Gasteiger partial charge in [-0.05, 0) is 36.6 Å². The molecule has 0 unspecified atom stereocenters. The molecule has 102 valence electrons. The minimum Gasteiger partial charge on any atom is -0.495 e. The first-order valence-electron chi connectivity index (χ1n) is 5.43. The van der Waals surface area contributed by atoms with E-state index < -0.39 is 10.0 Å². The molecule has 7 heteroatoms. The quantitative estimate of drug-likeness (QED) is 0.584. The number of methoxy groups -OCH3 is 1. The van der Waals surface area contributed by atoms with Crippen LogP contribution in [0, 0.1) is 0 Å². The van der Waals surface area contributed by atoms with E-state index in [1.807, 2.05) is 6.26 Å². The summed E-state index contributed by atoms with van der Waals surface area (Å²) in [5.41, 5.74) is 5.99. The second kappa shape index (κ2) is 6.86. The van der Waals surface area contributed by atoms with E-state index in [9.17, 15) is 8.42 Å². The van der Waals surface area contributed by atoms with Crippen LogP contribution in [0.2, 0.25) is 0 Å². The van der Waals surface area contributed by atoms with E-state index in [-0.39, 0.29) is 4.90 Å². The maximum Gasteiger partial charge on any atom is 0.240 e. The second-order valence-electron chi connectivity index (χ2n) is 3.65. The third-order valence-corrected chi connectivity index (χ3v) is 4.48. The lowest BCUT2D eigenvalue weighted by Crippen LogP contribution is -2.25. The molecule has 0 heterocycles. The minimum absolute atomic E-state index is 0.157. The van der Waals surface area contributed by atoms with Crippen molar-refractivity contribution in [3.05, 3.63) is 18.2 Å². The fourth-order valence-corrected chi connectivity index (χ4v) is 2.93. The third-order valence-electron chi connectivity index (χ3n) is 2.33. The van der Waals surface area contributed by atoms with Gasteiger partial charge < -0.3 is 10.5 Å². The van der Waals surface area contributed by atoms with Crippen LogP contribution in [0.5, 0.6) is 5.75 Å². The van der Waals surface area contributed by atoms with Crippen LogP contribution in [0.25, 0.3) is 0 Å². The molecular formula is C11H18N2O3S2. The Morgan fingerprint density at radius 3 is 2.72 bits per heavy atom. The summed E-state index contributed by atoms with van der Waals surface area (Å²) >= 11 is 1.68. The molecule has 0 aliphatic heterocycles. The number of nitrogens with one attached hydrogen (secondary N) is 1. The van der Waals surface area contributed by atoms with E-state index in [1.165, 1.54) is 19.2 Å². The van der Waals surface area contributed by atoms with Gasteiger partial charge >= 0.3 is 0 Å². The van der Waals surface area contributed by atoms with Crippen LogP contribution in [0.15, 0.2) is 23.1 Å². The predicted molar refractivity (Wildman–Crippen MR) is 75.6 cm³/mol. The first-order chi connectivity index (χ1) is 8.51. The monoisotopic (exact) mass is 290 g/mol. The summed E-state index contributed by atoms with van der Waals surface area (Å²) in [6.45, 7) is 0.426.